The van der Waals surface area contributed by atoms with Crippen LogP contribution in [0.5, 0.6) is 0 Å². The molecule has 9 rings (SSSR count). The van der Waals surface area contributed by atoms with Gasteiger partial charge in [0.25, 0.3) is 0 Å². The number of nitrogens with zero attached hydrogens (tertiary/aromatic N) is 3. The molecular formula is C45H33N3Si. The smallest absolute Gasteiger partial charge is 0.164 e. The maximum absolute atomic E-state index is 5.16. The maximum Gasteiger partial charge on any atom is 0.164 e. The van der Waals surface area contributed by atoms with Gasteiger partial charge in [-0.25, -0.2) is 15.0 Å². The second-order valence-corrected chi connectivity index (χ2v) is 17.7. The molecular weight excluding hydrogens is 611 g/mol. The van der Waals surface area contributed by atoms with Crippen LogP contribution in [0.2, 0.25) is 13.1 Å². The molecule has 0 atom stereocenters. The van der Waals surface area contributed by atoms with Crippen LogP contribution in [-0.2, 0) is 0 Å². The molecule has 0 aliphatic carbocycles. The van der Waals surface area contributed by atoms with Crippen molar-refractivity contribution in [2.24, 2.45) is 0 Å². The molecule has 3 nitrogen and oxygen atoms in total. The minimum atomic E-state index is -1.78. The van der Waals surface area contributed by atoms with Gasteiger partial charge in [0.05, 0.1) is 0 Å². The van der Waals surface area contributed by atoms with Gasteiger partial charge < -0.3 is 0 Å². The Morgan fingerprint density at radius 2 is 0.776 bits per heavy atom. The molecule has 0 amide bonds. The van der Waals surface area contributed by atoms with E-state index >= 15 is 0 Å². The zero-order valence-corrected chi connectivity index (χ0v) is 28.4. The molecule has 1 aliphatic heterocycles. The van der Waals surface area contributed by atoms with Crippen LogP contribution in [0.25, 0.3) is 78.3 Å². The molecule has 7 aromatic carbocycles. The third-order valence-corrected chi connectivity index (χ3v) is 13.5. The third-order valence-electron chi connectivity index (χ3n) is 9.91. The molecule has 232 valence electrons. The Bertz CT molecular complexity index is 2520. The van der Waals surface area contributed by atoms with Crippen molar-refractivity contribution in [3.05, 3.63) is 164 Å². The van der Waals surface area contributed by atoms with Crippen LogP contribution in [0.1, 0.15) is 0 Å². The molecule has 0 N–H and O–H groups in total. The van der Waals surface area contributed by atoms with Gasteiger partial charge in [0.15, 0.2) is 17.5 Å². The summed E-state index contributed by atoms with van der Waals surface area (Å²) in [7, 11) is -1.78. The first kappa shape index (κ1) is 29.2. The van der Waals surface area contributed by atoms with E-state index in [4.69, 9.17) is 15.0 Å². The summed E-state index contributed by atoms with van der Waals surface area (Å²) in [6.07, 6.45) is 0. The van der Waals surface area contributed by atoms with Gasteiger partial charge in [-0.15, -0.1) is 0 Å². The monoisotopic (exact) mass is 643 g/mol. The second kappa shape index (κ2) is 11.6. The third kappa shape index (κ3) is 5.18. The molecule has 0 saturated carbocycles. The molecule has 4 heteroatoms. The van der Waals surface area contributed by atoms with E-state index in [0.29, 0.717) is 17.5 Å². The summed E-state index contributed by atoms with van der Waals surface area (Å²) in [5, 5.41) is 5.28. The van der Waals surface area contributed by atoms with Gasteiger partial charge in [-0.3, -0.25) is 0 Å². The lowest BCUT2D eigenvalue weighted by atomic mass is 9.99. The molecule has 2 heterocycles. The van der Waals surface area contributed by atoms with E-state index in [1.54, 1.807) is 0 Å². The summed E-state index contributed by atoms with van der Waals surface area (Å²) in [6.45, 7) is 4.89. The Morgan fingerprint density at radius 1 is 0.327 bits per heavy atom. The Hall–Kier alpha value is -5.97. The minimum absolute atomic E-state index is 0.660. The molecule has 0 saturated heterocycles. The fraction of sp³-hybridized carbons (Fsp3) is 0.0444. The van der Waals surface area contributed by atoms with Crippen LogP contribution >= 0.6 is 0 Å². The maximum atomic E-state index is 5.16. The number of aromatic nitrogens is 3. The van der Waals surface area contributed by atoms with E-state index in [9.17, 15) is 0 Å². The first-order valence-electron chi connectivity index (χ1n) is 16.8. The molecule has 0 radical (unpaired) electrons. The zero-order valence-electron chi connectivity index (χ0n) is 27.4. The van der Waals surface area contributed by atoms with Gasteiger partial charge in [0.2, 0.25) is 0 Å². The fourth-order valence-corrected chi connectivity index (χ4v) is 10.4. The average Bonchev–Trinajstić information content (AvgIpc) is 3.40. The van der Waals surface area contributed by atoms with Crippen LogP contribution < -0.4 is 10.4 Å². The Labute approximate surface area is 287 Å². The molecule has 1 aromatic heterocycles. The SMILES string of the molecule is C[Si]1(C)c2ccccc2-c2cc(-c3nc(-c4cccc(-c5ccccc5)c4)nc(-c4ccc5cc(-c6ccccc6)ccc5c4)n3)ccc21. The van der Waals surface area contributed by atoms with E-state index in [-0.39, 0.29) is 0 Å². The number of hydrogen-bond donors (Lipinski definition) is 0. The van der Waals surface area contributed by atoms with Crippen molar-refractivity contribution < 1.29 is 0 Å². The van der Waals surface area contributed by atoms with Crippen LogP contribution in [0.3, 0.4) is 0 Å². The minimum Gasteiger partial charge on any atom is -0.208 e. The molecule has 0 unspecified atom stereocenters. The Kier molecular flexibility index (Phi) is 6.92. The average molecular weight is 644 g/mol. The van der Waals surface area contributed by atoms with Crippen molar-refractivity contribution in [1.29, 1.82) is 0 Å². The normalized spacial score (nSPS) is 12.9. The van der Waals surface area contributed by atoms with Crippen LogP contribution in [0.15, 0.2) is 164 Å². The first-order chi connectivity index (χ1) is 24.0. The number of rotatable bonds is 5. The van der Waals surface area contributed by atoms with Crippen LogP contribution in [-0.4, -0.2) is 23.0 Å². The molecule has 49 heavy (non-hydrogen) atoms. The van der Waals surface area contributed by atoms with E-state index in [1.807, 2.05) is 6.07 Å². The highest BCUT2D eigenvalue weighted by Gasteiger charge is 2.37. The lowest BCUT2D eigenvalue weighted by Gasteiger charge is -2.18. The number of benzene rings is 7. The second-order valence-electron chi connectivity index (χ2n) is 13.3. The standard InChI is InChI=1S/C45H33N3Si/c1-49(2)41-19-10-9-18-39(41)40-29-38(24-25-42(40)49)45-47-43(36-17-11-16-32(27-36)30-12-5-3-6-13-30)46-44(48-45)37-23-22-34-26-33(20-21-35(34)28-37)31-14-7-4-8-15-31/h3-29H,1-2H3. The molecule has 1 aliphatic rings. The van der Waals surface area contributed by atoms with Gasteiger partial charge in [0.1, 0.15) is 8.07 Å². The molecule has 0 spiro atoms. The van der Waals surface area contributed by atoms with Crippen molar-refractivity contribution in [1.82, 2.24) is 15.0 Å². The predicted octanol–water partition coefficient (Wildman–Crippen LogP) is 10.2. The summed E-state index contributed by atoms with van der Waals surface area (Å²) in [4.78, 5) is 15.4. The van der Waals surface area contributed by atoms with Gasteiger partial charge in [-0.05, 0) is 78.8 Å². The van der Waals surface area contributed by atoms with E-state index in [2.05, 4.69) is 171 Å². The summed E-state index contributed by atoms with van der Waals surface area (Å²) >= 11 is 0. The predicted molar refractivity (Wildman–Crippen MR) is 207 cm³/mol. The quantitative estimate of drug-likeness (QED) is 0.175. The topological polar surface area (TPSA) is 38.7 Å². The van der Waals surface area contributed by atoms with Crippen LogP contribution in [0.4, 0.5) is 0 Å². The summed E-state index contributed by atoms with van der Waals surface area (Å²) in [5.41, 5.74) is 10.3. The van der Waals surface area contributed by atoms with Crippen LogP contribution in [0, 0.1) is 0 Å². The number of hydrogen-bond acceptors (Lipinski definition) is 3. The number of fused-ring (bicyclic) bond motifs is 4. The lowest BCUT2D eigenvalue weighted by molar-refractivity contribution is 1.07. The molecule has 0 fully saturated rings. The molecule has 8 aromatic rings. The highest BCUT2D eigenvalue weighted by Crippen LogP contribution is 2.34. The first-order valence-corrected chi connectivity index (χ1v) is 19.8. The van der Waals surface area contributed by atoms with Crippen molar-refractivity contribution in [2.75, 3.05) is 0 Å². The van der Waals surface area contributed by atoms with Crippen molar-refractivity contribution in [3.63, 3.8) is 0 Å². The zero-order chi connectivity index (χ0) is 33.0. The van der Waals surface area contributed by atoms with E-state index in [1.165, 1.54) is 38.0 Å². The fourth-order valence-electron chi connectivity index (χ4n) is 7.29. The van der Waals surface area contributed by atoms with Gasteiger partial charge in [-0.2, -0.15) is 0 Å². The van der Waals surface area contributed by atoms with E-state index in [0.717, 1.165) is 33.2 Å². The van der Waals surface area contributed by atoms with E-state index < -0.39 is 8.07 Å². The highest BCUT2D eigenvalue weighted by atomic mass is 28.3. The Morgan fingerprint density at radius 3 is 1.45 bits per heavy atom. The largest absolute Gasteiger partial charge is 0.208 e. The van der Waals surface area contributed by atoms with Gasteiger partial charge in [0, 0.05) is 16.7 Å². The van der Waals surface area contributed by atoms with Crippen molar-refractivity contribution in [3.8, 4) is 67.5 Å². The Balaban J connectivity index is 1.19. The van der Waals surface area contributed by atoms with Gasteiger partial charge >= 0.3 is 0 Å². The van der Waals surface area contributed by atoms with Gasteiger partial charge in [-0.1, -0.05) is 153 Å². The summed E-state index contributed by atoms with van der Waals surface area (Å²) < 4.78 is 0. The van der Waals surface area contributed by atoms with Crippen molar-refractivity contribution >= 4 is 29.2 Å². The summed E-state index contributed by atoms with van der Waals surface area (Å²) in [5.74, 6) is 2.00. The molecule has 0 bridgehead atoms. The summed E-state index contributed by atoms with van der Waals surface area (Å²) in [6, 6.07) is 58.3. The lowest BCUT2D eigenvalue weighted by Crippen LogP contribution is -2.49. The highest BCUT2D eigenvalue weighted by molar-refractivity contribution is 7.03. The van der Waals surface area contributed by atoms with Crippen molar-refractivity contribution in [2.45, 2.75) is 13.1 Å².